The van der Waals surface area contributed by atoms with E-state index in [0.29, 0.717) is 0 Å². The van der Waals surface area contributed by atoms with E-state index in [2.05, 4.69) is 402 Å². The van der Waals surface area contributed by atoms with Crippen molar-refractivity contribution < 1.29 is 0 Å². The number of fused-ring (bicyclic) bond motifs is 4. The summed E-state index contributed by atoms with van der Waals surface area (Å²) in [6.45, 7) is 28.3. The molecule has 4 heteroatoms. The van der Waals surface area contributed by atoms with Gasteiger partial charge in [0.25, 0.3) is 6.71 Å². The van der Waals surface area contributed by atoms with Crippen molar-refractivity contribution in [3.63, 3.8) is 0 Å². The van der Waals surface area contributed by atoms with Crippen molar-refractivity contribution in [2.75, 3.05) is 9.80 Å². The fraction of sp³-hybridized carbons (Fsp3) is 0.170. The van der Waals surface area contributed by atoms with Gasteiger partial charge in [-0.15, -0.1) is 0 Å². The second-order valence-electron chi connectivity index (χ2n) is 31.3. The highest BCUT2D eigenvalue weighted by Crippen LogP contribution is 2.55. The lowest BCUT2D eigenvalue weighted by atomic mass is 9.33. The highest BCUT2D eigenvalue weighted by molar-refractivity contribution is 7.19. The van der Waals surface area contributed by atoms with E-state index in [0.717, 1.165) is 5.69 Å². The fourth-order valence-corrected chi connectivity index (χ4v) is 20.3. The van der Waals surface area contributed by atoms with Gasteiger partial charge in [0.2, 0.25) is 0 Å². The summed E-state index contributed by atoms with van der Waals surface area (Å²) in [5.41, 5.74) is 27.2. The molecule has 2 heterocycles. The van der Waals surface area contributed by atoms with Crippen molar-refractivity contribution >= 4 is 86.0 Å². The average Bonchev–Trinajstić information content (AvgIpc) is 0.687. The molecule has 98 heavy (non-hydrogen) atoms. The van der Waals surface area contributed by atoms with Crippen molar-refractivity contribution in [2.45, 2.75) is 105 Å². The lowest BCUT2D eigenvalue weighted by molar-refractivity contribution is 0.590. The minimum Gasteiger partial charge on any atom is -0.310 e. The largest absolute Gasteiger partial charge is 0.310 e. The molecule has 0 unspecified atom stereocenters. The molecule has 0 atom stereocenters. The third-order valence-corrected chi connectivity index (χ3v) is 25.6. The topological polar surface area (TPSA) is 6.48 Å². The molecule has 2 aliphatic heterocycles. The number of rotatable bonds is 11. The van der Waals surface area contributed by atoms with Crippen LogP contribution >= 0.6 is 0 Å². The summed E-state index contributed by atoms with van der Waals surface area (Å²) >= 11 is 0. The molecular weight excluding hydrogens is 1200 g/mol. The summed E-state index contributed by atoms with van der Waals surface area (Å²) in [5, 5.41) is 5.43. The van der Waals surface area contributed by atoms with Crippen LogP contribution in [0.1, 0.15) is 105 Å². The molecule has 0 radical (unpaired) electrons. The lowest BCUT2D eigenvalue weighted by Gasteiger charge is -2.47. The van der Waals surface area contributed by atoms with Crippen LogP contribution in [0.25, 0.3) is 55.6 Å². The van der Waals surface area contributed by atoms with Crippen molar-refractivity contribution in [1.82, 2.24) is 0 Å². The minimum atomic E-state index is -2.82. The Morgan fingerprint density at radius 2 is 0.520 bits per heavy atom. The van der Waals surface area contributed by atoms with E-state index in [-0.39, 0.29) is 28.4 Å². The summed E-state index contributed by atoms with van der Waals surface area (Å²) in [6.07, 6.45) is 0. The molecular formula is C94H87BN2Si. The number of hydrogen-bond acceptors (Lipinski definition) is 2. The van der Waals surface area contributed by atoms with E-state index in [4.69, 9.17) is 0 Å². The third-order valence-electron chi connectivity index (χ3n) is 20.8. The van der Waals surface area contributed by atoms with Gasteiger partial charge < -0.3 is 9.80 Å². The molecule has 0 bridgehead atoms. The Morgan fingerprint density at radius 3 is 0.857 bits per heavy atom. The summed E-state index contributed by atoms with van der Waals surface area (Å²) in [5.74, 6) is 0. The van der Waals surface area contributed by atoms with Crippen molar-refractivity contribution in [3.8, 4) is 55.6 Å². The predicted octanol–water partition coefficient (Wildman–Crippen LogP) is 20.7. The van der Waals surface area contributed by atoms with Crippen molar-refractivity contribution in [1.29, 1.82) is 0 Å². The molecule has 13 aromatic carbocycles. The Labute approximate surface area is 584 Å². The van der Waals surface area contributed by atoms with Crippen molar-refractivity contribution in [2.24, 2.45) is 0 Å². The van der Waals surface area contributed by atoms with E-state index in [1.807, 2.05) is 0 Å². The lowest BCUT2D eigenvalue weighted by Crippen LogP contribution is -2.74. The smallest absolute Gasteiger partial charge is 0.252 e. The molecule has 0 amide bonds. The molecule has 0 aromatic heterocycles. The zero-order valence-corrected chi connectivity index (χ0v) is 59.9. The number of benzene rings is 13. The monoisotopic (exact) mass is 1280 g/mol. The molecule has 2 nitrogen and oxygen atoms in total. The average molecular weight is 1280 g/mol. The highest BCUT2D eigenvalue weighted by atomic mass is 28.3. The van der Waals surface area contributed by atoms with Crippen LogP contribution in [0.3, 0.4) is 0 Å². The second kappa shape index (κ2) is 24.7. The number of nitrogens with zero attached hydrogens (tertiary/aromatic N) is 2. The van der Waals surface area contributed by atoms with Crippen molar-refractivity contribution in [3.05, 3.63) is 332 Å². The van der Waals surface area contributed by atoms with Gasteiger partial charge in [0.05, 0.1) is 11.4 Å². The highest BCUT2D eigenvalue weighted by Gasteiger charge is 2.47. The molecule has 2 aliphatic rings. The van der Waals surface area contributed by atoms with Gasteiger partial charge in [-0.05, 0) is 163 Å². The molecule has 15 rings (SSSR count). The normalized spacial score (nSPS) is 13.0. The molecule has 0 saturated carbocycles. The van der Waals surface area contributed by atoms with Crippen LogP contribution in [-0.2, 0) is 21.7 Å². The van der Waals surface area contributed by atoms with Crippen LogP contribution in [-0.4, -0.2) is 14.8 Å². The first kappa shape index (κ1) is 63.8. The maximum atomic E-state index is 2.72. The number of anilines is 6. The van der Waals surface area contributed by atoms with Gasteiger partial charge in [-0.2, -0.15) is 0 Å². The fourth-order valence-electron chi connectivity index (χ4n) is 15.5. The zero-order valence-electron chi connectivity index (χ0n) is 58.9. The van der Waals surface area contributed by atoms with E-state index < -0.39 is 8.07 Å². The van der Waals surface area contributed by atoms with Gasteiger partial charge in [-0.1, -0.05) is 344 Å². The molecule has 0 fully saturated rings. The Hall–Kier alpha value is -10.3. The summed E-state index contributed by atoms with van der Waals surface area (Å²) in [7, 11) is -2.82. The standard InChI is InChI=1S/C94H87BN2Si/c1-91(2,3)70-51-55-85-83(61-70)95-82-56-69(64-48-52-77(53-49-64)98(74-42-28-17-29-43-74,75-44-30-18-31-45-75)76-46-32-19-33-47-76)50-54-84(82)96(89-78(65-34-20-13-21-35-65)57-71(92(4,5)6)58-79(89)66-36-22-14-23-37-66)86-62-73(94(10,11)12)63-87(88(86)95)97(85)90-80(67-38-24-15-25-39-67)59-72(93(7,8)9)60-81(90)68-40-26-16-27-41-68/h13-63H,1-12H3. The maximum absolute atomic E-state index is 2.82. The van der Waals surface area contributed by atoms with E-state index >= 15 is 0 Å². The quantitative estimate of drug-likeness (QED) is 0.0941. The summed E-state index contributed by atoms with van der Waals surface area (Å²) < 4.78 is 0. The van der Waals surface area contributed by atoms with E-state index in [9.17, 15) is 0 Å². The van der Waals surface area contributed by atoms with Crippen LogP contribution in [0.4, 0.5) is 34.1 Å². The van der Waals surface area contributed by atoms with Crippen LogP contribution in [0.5, 0.6) is 0 Å². The Balaban J connectivity index is 1.08. The van der Waals surface area contributed by atoms with Crippen LogP contribution in [0.2, 0.25) is 0 Å². The maximum Gasteiger partial charge on any atom is 0.252 e. The van der Waals surface area contributed by atoms with Gasteiger partial charge in [0.15, 0.2) is 8.07 Å². The Morgan fingerprint density at radius 1 is 0.235 bits per heavy atom. The SMILES string of the molecule is CC(C)(C)c1ccc2c(c1)B1c3cc(-c4ccc([Si](c5ccccc5)(c5ccccc5)c5ccccc5)cc4)ccc3N(c3c(-c4ccccc4)cc(C(C)(C)C)cc3-c3ccccc3)c3cc(C(C)(C)C)cc(c31)N2c1c(-c2ccccc2)cc(C(C)(C)C)cc1-c1ccccc1. The van der Waals surface area contributed by atoms with Gasteiger partial charge in [0, 0.05) is 45.0 Å². The zero-order chi connectivity index (χ0) is 67.9. The molecule has 480 valence electrons. The number of hydrogen-bond donors (Lipinski definition) is 0. The van der Waals surface area contributed by atoms with Crippen LogP contribution in [0.15, 0.2) is 309 Å². The van der Waals surface area contributed by atoms with E-state index in [1.165, 1.54) is 143 Å². The van der Waals surface area contributed by atoms with Gasteiger partial charge in [-0.25, -0.2) is 0 Å². The predicted molar refractivity (Wildman–Crippen MR) is 426 cm³/mol. The second-order valence-corrected chi connectivity index (χ2v) is 35.1. The summed E-state index contributed by atoms with van der Waals surface area (Å²) in [6, 6.07) is 119. The summed E-state index contributed by atoms with van der Waals surface area (Å²) in [4.78, 5) is 5.44. The Kier molecular flexibility index (Phi) is 16.1. The van der Waals surface area contributed by atoms with E-state index in [1.54, 1.807) is 0 Å². The van der Waals surface area contributed by atoms with Gasteiger partial charge >= 0.3 is 0 Å². The van der Waals surface area contributed by atoms with Gasteiger partial charge in [-0.3, -0.25) is 0 Å². The first-order chi connectivity index (χ1) is 47.2. The molecule has 0 spiro atoms. The minimum absolute atomic E-state index is 0.155. The van der Waals surface area contributed by atoms with Crippen LogP contribution < -0.4 is 46.9 Å². The first-order valence-corrected chi connectivity index (χ1v) is 37.1. The van der Waals surface area contributed by atoms with Gasteiger partial charge in [0.1, 0.15) is 0 Å². The molecule has 0 N–H and O–H groups in total. The molecule has 0 aliphatic carbocycles. The van der Waals surface area contributed by atoms with Crippen LogP contribution in [0, 0.1) is 0 Å². The Bertz CT molecular complexity index is 4850. The first-order valence-electron chi connectivity index (χ1n) is 35.1. The molecule has 0 saturated heterocycles. The molecule has 13 aromatic rings. The third kappa shape index (κ3) is 11.3.